The summed E-state index contributed by atoms with van der Waals surface area (Å²) in [7, 11) is 0. The Hall–Kier alpha value is -3.07. The molecule has 0 unspecified atom stereocenters. The molecule has 0 atom stereocenters. The number of nitriles is 1. The van der Waals surface area contributed by atoms with Crippen molar-refractivity contribution in [2.45, 2.75) is 20.5 Å². The Bertz CT molecular complexity index is 1290. The summed E-state index contributed by atoms with van der Waals surface area (Å²) in [6.45, 7) is 4.50. The minimum absolute atomic E-state index is 0.394. The number of hydrogen-bond acceptors (Lipinski definition) is 3. The van der Waals surface area contributed by atoms with Crippen LogP contribution in [0.5, 0.6) is 5.75 Å². The summed E-state index contributed by atoms with van der Waals surface area (Å²) in [4.78, 5) is 7.89. The van der Waals surface area contributed by atoms with Gasteiger partial charge < -0.3 is 9.72 Å². The fourth-order valence-electron chi connectivity index (χ4n) is 3.21. The van der Waals surface area contributed by atoms with Crippen molar-refractivity contribution >= 4 is 50.2 Å². The number of aromatic amines is 1. The average Bonchev–Trinajstić information content (AvgIpc) is 3.15. The number of nitrogens with zero attached hydrogens (tertiary/aromatic N) is 2. The Morgan fingerprint density at radius 2 is 1.87 bits per heavy atom. The molecule has 1 N–H and O–H groups in total. The fourth-order valence-corrected chi connectivity index (χ4v) is 3.72. The zero-order valence-electron chi connectivity index (χ0n) is 17.0. The zero-order valence-corrected chi connectivity index (χ0v) is 19.4. The van der Waals surface area contributed by atoms with Crippen molar-refractivity contribution in [2.24, 2.45) is 0 Å². The minimum atomic E-state index is 0.394. The molecule has 4 nitrogen and oxygen atoms in total. The van der Waals surface area contributed by atoms with E-state index in [2.05, 4.69) is 51.9 Å². The van der Waals surface area contributed by atoms with Gasteiger partial charge in [-0.15, -0.1) is 0 Å². The third-order valence-corrected chi connectivity index (χ3v) is 5.80. The molecule has 0 aliphatic rings. The van der Waals surface area contributed by atoms with Crippen LogP contribution in [0.2, 0.25) is 5.02 Å². The Morgan fingerprint density at radius 1 is 1.13 bits per heavy atom. The van der Waals surface area contributed by atoms with Crippen LogP contribution in [0.4, 0.5) is 0 Å². The molecule has 0 aliphatic heterocycles. The van der Waals surface area contributed by atoms with Crippen LogP contribution in [0.15, 0.2) is 59.1 Å². The summed E-state index contributed by atoms with van der Waals surface area (Å²) < 4.78 is 6.94. The number of halogens is 2. The Labute approximate surface area is 194 Å². The van der Waals surface area contributed by atoms with Gasteiger partial charge in [0.25, 0.3) is 0 Å². The molecule has 0 spiro atoms. The normalized spacial score (nSPS) is 11.5. The van der Waals surface area contributed by atoms with Gasteiger partial charge in [0.05, 0.1) is 16.6 Å². The predicted octanol–water partition coefficient (Wildman–Crippen LogP) is 7.24. The lowest BCUT2D eigenvalue weighted by Gasteiger charge is -2.10. The second-order valence-corrected chi connectivity index (χ2v) is 8.66. The number of imidazole rings is 1. The number of benzene rings is 3. The number of H-pyrrole nitrogens is 1. The first-order valence-corrected chi connectivity index (χ1v) is 10.9. The van der Waals surface area contributed by atoms with Gasteiger partial charge in [-0.3, -0.25) is 0 Å². The van der Waals surface area contributed by atoms with Crippen molar-refractivity contribution in [3.05, 3.63) is 92.2 Å². The van der Waals surface area contributed by atoms with Crippen LogP contribution in [0, 0.1) is 25.2 Å². The lowest BCUT2D eigenvalue weighted by Crippen LogP contribution is -1.97. The smallest absolute Gasteiger partial charge is 0.149 e. The van der Waals surface area contributed by atoms with E-state index in [4.69, 9.17) is 16.3 Å². The lowest BCUT2D eigenvalue weighted by atomic mass is 10.1. The van der Waals surface area contributed by atoms with E-state index in [1.165, 1.54) is 5.56 Å². The van der Waals surface area contributed by atoms with Gasteiger partial charge in [0.2, 0.25) is 0 Å². The molecular weight excluding hydrogens is 474 g/mol. The number of fused-ring (bicyclic) bond motifs is 1. The first-order chi connectivity index (χ1) is 14.9. The summed E-state index contributed by atoms with van der Waals surface area (Å²) in [5.41, 5.74) is 6.31. The minimum Gasteiger partial charge on any atom is -0.488 e. The third kappa shape index (κ3) is 4.82. The molecule has 0 saturated heterocycles. The second-order valence-electron chi connectivity index (χ2n) is 7.31. The van der Waals surface area contributed by atoms with Crippen LogP contribution in [-0.4, -0.2) is 9.97 Å². The highest BCUT2D eigenvalue weighted by Gasteiger charge is 2.12. The summed E-state index contributed by atoms with van der Waals surface area (Å²) in [5.74, 6) is 1.21. The van der Waals surface area contributed by atoms with Gasteiger partial charge in [-0.1, -0.05) is 39.7 Å². The molecule has 0 saturated carbocycles. The lowest BCUT2D eigenvalue weighted by molar-refractivity contribution is 0.305. The summed E-state index contributed by atoms with van der Waals surface area (Å²) in [6.07, 6.45) is 1.79. The van der Waals surface area contributed by atoms with Gasteiger partial charge in [0.1, 0.15) is 24.3 Å². The van der Waals surface area contributed by atoms with Crippen molar-refractivity contribution in [1.82, 2.24) is 9.97 Å². The number of allylic oxidation sites excluding steroid dienone is 1. The molecular formula is C25H19BrClN3O. The van der Waals surface area contributed by atoms with Gasteiger partial charge in [-0.2, -0.15) is 5.26 Å². The molecule has 6 heteroatoms. The predicted molar refractivity (Wildman–Crippen MR) is 129 cm³/mol. The van der Waals surface area contributed by atoms with Crippen molar-refractivity contribution in [3.8, 4) is 11.8 Å². The van der Waals surface area contributed by atoms with E-state index < -0.39 is 0 Å². The van der Waals surface area contributed by atoms with Gasteiger partial charge in [0.15, 0.2) is 0 Å². The summed E-state index contributed by atoms with van der Waals surface area (Å²) in [5, 5.41) is 10.5. The van der Waals surface area contributed by atoms with Crippen molar-refractivity contribution < 1.29 is 4.74 Å². The first kappa shape index (κ1) is 21.2. The van der Waals surface area contributed by atoms with Crippen molar-refractivity contribution in [3.63, 3.8) is 0 Å². The van der Waals surface area contributed by atoms with E-state index in [1.807, 2.05) is 48.5 Å². The number of aromatic nitrogens is 2. The maximum Gasteiger partial charge on any atom is 0.149 e. The van der Waals surface area contributed by atoms with Crippen molar-refractivity contribution in [1.29, 1.82) is 5.26 Å². The Morgan fingerprint density at radius 3 is 2.61 bits per heavy atom. The topological polar surface area (TPSA) is 61.7 Å². The van der Waals surface area contributed by atoms with Crippen molar-refractivity contribution in [2.75, 3.05) is 0 Å². The van der Waals surface area contributed by atoms with Crippen LogP contribution in [0.25, 0.3) is 22.7 Å². The number of aryl methyl sites for hydroxylation is 2. The molecule has 1 aromatic heterocycles. The molecule has 0 fully saturated rings. The monoisotopic (exact) mass is 491 g/mol. The van der Waals surface area contributed by atoms with E-state index in [9.17, 15) is 5.26 Å². The van der Waals surface area contributed by atoms with E-state index in [-0.39, 0.29) is 0 Å². The summed E-state index contributed by atoms with van der Waals surface area (Å²) in [6, 6.07) is 19.6. The van der Waals surface area contributed by atoms with E-state index in [0.29, 0.717) is 28.8 Å². The molecule has 154 valence electrons. The standard InChI is InChI=1S/C25H19BrClN3O/c1-15-9-22-23(10-16(15)2)30-25(29-22)19(13-28)11-18-12-20(26)5-8-24(18)31-14-17-3-6-21(27)7-4-17/h3-12H,14H2,1-2H3,(H,29,30)/b19-11+. The average molecular weight is 493 g/mol. The third-order valence-electron chi connectivity index (χ3n) is 5.05. The van der Waals surface area contributed by atoms with Gasteiger partial charge in [0, 0.05) is 15.1 Å². The van der Waals surface area contributed by atoms with Gasteiger partial charge in [-0.05, 0) is 79.1 Å². The maximum absolute atomic E-state index is 9.83. The SMILES string of the molecule is Cc1cc2nc(/C(C#N)=C/c3cc(Br)ccc3OCc3ccc(Cl)cc3)[nH]c2cc1C. The van der Waals surface area contributed by atoms with Crippen LogP contribution in [-0.2, 0) is 6.61 Å². The molecule has 1 heterocycles. The van der Waals surface area contributed by atoms with Crippen LogP contribution >= 0.6 is 27.5 Å². The van der Waals surface area contributed by atoms with Gasteiger partial charge in [-0.25, -0.2) is 4.98 Å². The Balaban J connectivity index is 1.68. The highest BCUT2D eigenvalue weighted by Crippen LogP contribution is 2.29. The first-order valence-electron chi connectivity index (χ1n) is 9.69. The molecule has 0 radical (unpaired) electrons. The Kier molecular flexibility index (Phi) is 6.13. The highest BCUT2D eigenvalue weighted by molar-refractivity contribution is 9.10. The largest absolute Gasteiger partial charge is 0.488 e. The fraction of sp³-hybridized carbons (Fsp3) is 0.120. The molecule has 0 bridgehead atoms. The number of rotatable bonds is 5. The molecule has 31 heavy (non-hydrogen) atoms. The summed E-state index contributed by atoms with van der Waals surface area (Å²) >= 11 is 9.46. The van der Waals surface area contributed by atoms with E-state index in [1.54, 1.807) is 6.08 Å². The molecule has 0 amide bonds. The van der Waals surface area contributed by atoms with E-state index in [0.717, 1.165) is 32.2 Å². The maximum atomic E-state index is 9.83. The van der Waals surface area contributed by atoms with E-state index >= 15 is 0 Å². The number of ether oxygens (including phenoxy) is 1. The van der Waals surface area contributed by atoms with Gasteiger partial charge >= 0.3 is 0 Å². The number of nitrogens with one attached hydrogen (secondary N) is 1. The van der Waals surface area contributed by atoms with Crippen LogP contribution < -0.4 is 4.74 Å². The zero-order chi connectivity index (χ0) is 22.0. The quantitative estimate of drug-likeness (QED) is 0.299. The molecule has 4 aromatic rings. The van der Waals surface area contributed by atoms with Crippen LogP contribution in [0.3, 0.4) is 0 Å². The molecule has 4 rings (SSSR count). The highest BCUT2D eigenvalue weighted by atomic mass is 79.9. The second kappa shape index (κ2) is 8.97. The number of hydrogen-bond donors (Lipinski definition) is 1. The molecule has 0 aliphatic carbocycles. The molecule has 3 aromatic carbocycles. The van der Waals surface area contributed by atoms with Crippen LogP contribution in [0.1, 0.15) is 28.1 Å².